The number of rotatable bonds is 3. The largest absolute Gasteiger partial charge is 0.327 e. The SMILES string of the molecule is CN1C(=O)C2C(SC3CCCC3)NC(c3cccc(F)c3)NC2N(C)C1=O. The van der Waals surface area contributed by atoms with Gasteiger partial charge in [0.05, 0.1) is 23.6 Å². The molecule has 27 heavy (non-hydrogen) atoms. The van der Waals surface area contributed by atoms with Crippen molar-refractivity contribution in [3.63, 3.8) is 0 Å². The van der Waals surface area contributed by atoms with Crippen LogP contribution in [0.3, 0.4) is 0 Å². The molecule has 0 radical (unpaired) electrons. The number of imide groups is 1. The minimum atomic E-state index is -0.422. The third-order valence-corrected chi connectivity index (χ3v) is 7.36. The van der Waals surface area contributed by atoms with Crippen molar-refractivity contribution in [2.45, 2.75) is 48.6 Å². The fraction of sp³-hybridized carbons (Fsp3) is 0.579. The maximum absolute atomic E-state index is 13.7. The summed E-state index contributed by atoms with van der Waals surface area (Å²) in [4.78, 5) is 28.2. The lowest BCUT2D eigenvalue weighted by Crippen LogP contribution is -2.72. The van der Waals surface area contributed by atoms with Crippen LogP contribution >= 0.6 is 11.8 Å². The molecule has 8 heteroatoms. The number of amides is 3. The van der Waals surface area contributed by atoms with Gasteiger partial charge in [0, 0.05) is 19.3 Å². The van der Waals surface area contributed by atoms with Gasteiger partial charge in [0.25, 0.3) is 0 Å². The molecule has 0 aromatic heterocycles. The van der Waals surface area contributed by atoms with Crippen molar-refractivity contribution in [2.24, 2.45) is 5.92 Å². The molecule has 4 rings (SSSR count). The molecule has 4 unspecified atom stereocenters. The molecular formula is C19H25FN4O2S. The Kier molecular flexibility index (Phi) is 5.13. The summed E-state index contributed by atoms with van der Waals surface area (Å²) in [6, 6.07) is 6.10. The van der Waals surface area contributed by atoms with Crippen LogP contribution in [-0.4, -0.2) is 52.6 Å². The predicted octanol–water partition coefficient (Wildman–Crippen LogP) is 2.49. The Hall–Kier alpha value is -1.64. The van der Waals surface area contributed by atoms with Crippen LogP contribution in [0.25, 0.3) is 0 Å². The van der Waals surface area contributed by atoms with E-state index in [1.807, 2.05) is 6.07 Å². The number of nitrogens with one attached hydrogen (secondary N) is 2. The average Bonchev–Trinajstić information content (AvgIpc) is 3.17. The third-order valence-electron chi connectivity index (χ3n) is 5.78. The van der Waals surface area contributed by atoms with Gasteiger partial charge < -0.3 is 4.90 Å². The number of hydrogen-bond acceptors (Lipinski definition) is 5. The number of nitrogens with zero attached hydrogens (tertiary/aromatic N) is 2. The molecule has 1 aliphatic carbocycles. The zero-order valence-electron chi connectivity index (χ0n) is 15.5. The van der Waals surface area contributed by atoms with Crippen LogP contribution < -0.4 is 10.6 Å². The number of carbonyl (C=O) groups is 2. The van der Waals surface area contributed by atoms with E-state index in [1.54, 1.807) is 29.8 Å². The van der Waals surface area contributed by atoms with E-state index >= 15 is 0 Å². The summed E-state index contributed by atoms with van der Waals surface area (Å²) >= 11 is 1.80. The van der Waals surface area contributed by atoms with Gasteiger partial charge in [-0.2, -0.15) is 0 Å². The molecular weight excluding hydrogens is 367 g/mol. The van der Waals surface area contributed by atoms with Crippen molar-refractivity contribution in [1.29, 1.82) is 0 Å². The monoisotopic (exact) mass is 392 g/mol. The molecule has 3 amide bonds. The first-order valence-electron chi connectivity index (χ1n) is 9.43. The Morgan fingerprint density at radius 1 is 1.15 bits per heavy atom. The molecule has 146 valence electrons. The van der Waals surface area contributed by atoms with Crippen LogP contribution in [0.5, 0.6) is 0 Å². The number of fused-ring (bicyclic) bond motifs is 1. The highest BCUT2D eigenvalue weighted by Gasteiger charge is 2.51. The average molecular weight is 393 g/mol. The van der Waals surface area contributed by atoms with Crippen molar-refractivity contribution in [2.75, 3.05) is 14.1 Å². The molecule has 0 bridgehead atoms. The molecule has 2 N–H and O–H groups in total. The van der Waals surface area contributed by atoms with Crippen LogP contribution in [-0.2, 0) is 4.79 Å². The Bertz CT molecular complexity index is 742. The highest BCUT2D eigenvalue weighted by molar-refractivity contribution is 8.00. The van der Waals surface area contributed by atoms with Gasteiger partial charge in [0.2, 0.25) is 5.91 Å². The van der Waals surface area contributed by atoms with Crippen LogP contribution in [0.1, 0.15) is 37.4 Å². The summed E-state index contributed by atoms with van der Waals surface area (Å²) in [5.41, 5.74) is 0.762. The van der Waals surface area contributed by atoms with Gasteiger partial charge in [-0.25, -0.2) is 9.18 Å². The van der Waals surface area contributed by atoms with Gasteiger partial charge in [-0.1, -0.05) is 25.0 Å². The summed E-state index contributed by atoms with van der Waals surface area (Å²) in [6.45, 7) is 0. The molecule has 1 saturated carbocycles. The van der Waals surface area contributed by atoms with Crippen molar-refractivity contribution in [3.05, 3.63) is 35.6 Å². The first-order chi connectivity index (χ1) is 13.0. The highest BCUT2D eigenvalue weighted by Crippen LogP contribution is 2.40. The van der Waals surface area contributed by atoms with Crippen LogP contribution in [0.15, 0.2) is 24.3 Å². The normalized spacial score (nSPS) is 32.1. The van der Waals surface area contributed by atoms with Crippen molar-refractivity contribution >= 4 is 23.7 Å². The van der Waals surface area contributed by atoms with Crippen LogP contribution in [0, 0.1) is 11.7 Å². The minimum absolute atomic E-state index is 0.141. The summed E-state index contributed by atoms with van der Waals surface area (Å²) in [5, 5.41) is 7.23. The molecule has 2 aliphatic heterocycles. The van der Waals surface area contributed by atoms with Gasteiger partial charge in [-0.15, -0.1) is 11.8 Å². The number of carbonyl (C=O) groups excluding carboxylic acids is 2. The fourth-order valence-electron chi connectivity index (χ4n) is 4.28. The van der Waals surface area contributed by atoms with E-state index in [4.69, 9.17) is 0 Å². The first-order valence-corrected chi connectivity index (χ1v) is 10.4. The molecule has 4 atom stereocenters. The number of hydrogen-bond donors (Lipinski definition) is 2. The maximum Gasteiger partial charge on any atom is 0.327 e. The molecule has 3 fully saturated rings. The topological polar surface area (TPSA) is 64.7 Å². The summed E-state index contributed by atoms with van der Waals surface area (Å²) in [6.07, 6.45) is 3.99. The second-order valence-corrected chi connectivity index (χ2v) is 8.99. The van der Waals surface area contributed by atoms with Gasteiger partial charge in [0.15, 0.2) is 0 Å². The Morgan fingerprint density at radius 2 is 1.89 bits per heavy atom. The molecule has 6 nitrogen and oxygen atoms in total. The molecule has 0 spiro atoms. The van der Waals surface area contributed by atoms with Crippen LogP contribution in [0.4, 0.5) is 9.18 Å². The van der Waals surface area contributed by atoms with E-state index in [0.717, 1.165) is 18.4 Å². The van der Waals surface area contributed by atoms with E-state index in [-0.39, 0.29) is 35.2 Å². The zero-order valence-corrected chi connectivity index (χ0v) is 16.3. The van der Waals surface area contributed by atoms with Gasteiger partial charge >= 0.3 is 6.03 Å². The van der Waals surface area contributed by atoms with E-state index in [2.05, 4.69) is 10.6 Å². The third kappa shape index (κ3) is 3.46. The minimum Gasteiger partial charge on any atom is -0.311 e. The van der Waals surface area contributed by atoms with E-state index < -0.39 is 6.17 Å². The van der Waals surface area contributed by atoms with Crippen LogP contribution in [0.2, 0.25) is 0 Å². The Balaban J connectivity index is 1.65. The molecule has 2 saturated heterocycles. The Labute approximate surface area is 162 Å². The number of urea groups is 1. The summed E-state index contributed by atoms with van der Waals surface area (Å²) in [7, 11) is 3.24. The molecule has 3 aliphatic rings. The lowest BCUT2D eigenvalue weighted by atomic mass is 9.96. The quantitative estimate of drug-likeness (QED) is 0.828. The van der Waals surface area contributed by atoms with E-state index in [1.165, 1.54) is 36.9 Å². The van der Waals surface area contributed by atoms with E-state index in [0.29, 0.717) is 5.25 Å². The maximum atomic E-state index is 13.7. The van der Waals surface area contributed by atoms with Crippen molar-refractivity contribution in [3.8, 4) is 0 Å². The van der Waals surface area contributed by atoms with Gasteiger partial charge in [-0.05, 0) is 30.5 Å². The predicted molar refractivity (Wildman–Crippen MR) is 102 cm³/mol. The second-order valence-electron chi connectivity index (χ2n) is 7.55. The van der Waals surface area contributed by atoms with E-state index in [9.17, 15) is 14.0 Å². The number of benzene rings is 1. The standard InChI is InChI=1S/C19H25FN4O2S/c1-23-16-14(18(25)24(2)19(23)26)17(27-13-8-3-4-9-13)22-15(21-16)11-6-5-7-12(20)10-11/h5-7,10,13-17,21-22H,3-4,8-9H2,1-2H3. The molecule has 1 aromatic carbocycles. The molecule has 1 aromatic rings. The molecule has 2 heterocycles. The smallest absolute Gasteiger partial charge is 0.311 e. The number of thioether (sulfide) groups is 1. The lowest BCUT2D eigenvalue weighted by molar-refractivity contribution is -0.140. The second kappa shape index (κ2) is 7.41. The number of halogens is 1. The first kappa shape index (κ1) is 18.7. The highest BCUT2D eigenvalue weighted by atomic mass is 32.2. The van der Waals surface area contributed by atoms with Crippen molar-refractivity contribution in [1.82, 2.24) is 20.4 Å². The van der Waals surface area contributed by atoms with Gasteiger partial charge in [-0.3, -0.25) is 20.3 Å². The van der Waals surface area contributed by atoms with Gasteiger partial charge in [0.1, 0.15) is 5.82 Å². The zero-order chi connectivity index (χ0) is 19.1. The summed E-state index contributed by atoms with van der Waals surface area (Å²) in [5.74, 6) is -0.855. The fourth-order valence-corrected chi connectivity index (χ4v) is 5.95. The van der Waals surface area contributed by atoms with Crippen molar-refractivity contribution < 1.29 is 14.0 Å². The summed E-state index contributed by atoms with van der Waals surface area (Å²) < 4.78 is 13.7. The Morgan fingerprint density at radius 3 is 2.59 bits per heavy atom. The lowest BCUT2D eigenvalue weighted by Gasteiger charge is -2.50.